The third-order valence-corrected chi connectivity index (χ3v) is 8.41. The first-order chi connectivity index (χ1) is 19.0. The van der Waals surface area contributed by atoms with Crippen LogP contribution in [0.25, 0.3) is 5.65 Å². The molecule has 0 spiro atoms. The lowest BCUT2D eigenvalue weighted by Gasteiger charge is -2.50. The lowest BCUT2D eigenvalue weighted by Crippen LogP contribution is -2.71. The average molecular weight is 585 g/mol. The minimum absolute atomic E-state index is 0.0645. The summed E-state index contributed by atoms with van der Waals surface area (Å²) >= 11 is 2.36. The maximum Gasteiger partial charge on any atom is 0.286 e. The van der Waals surface area contributed by atoms with Crippen LogP contribution in [0.5, 0.6) is 0 Å². The molecule has 0 aromatic carbocycles. The number of carboxylic acids is 1. The molecular formula is C24H24N8O6S2. The molecule has 0 saturated carbocycles. The molecule has 0 aliphatic carbocycles. The zero-order valence-corrected chi connectivity index (χ0v) is 22.9. The van der Waals surface area contributed by atoms with Crippen molar-refractivity contribution in [2.24, 2.45) is 10.9 Å². The molecule has 0 bridgehead atoms. The molecule has 3 aromatic heterocycles. The van der Waals surface area contributed by atoms with Crippen LogP contribution in [0, 0.1) is 0 Å². The van der Waals surface area contributed by atoms with E-state index in [1.54, 1.807) is 0 Å². The van der Waals surface area contributed by atoms with Gasteiger partial charge in [0.2, 0.25) is 5.60 Å². The predicted molar refractivity (Wildman–Crippen MR) is 142 cm³/mol. The molecule has 2 atom stereocenters. The topological polar surface area (TPSA) is 202 Å². The first kappa shape index (κ1) is 27.1. The number of hydrogen-bond donors (Lipinski definition) is 3. The van der Waals surface area contributed by atoms with Gasteiger partial charge >= 0.3 is 0 Å². The van der Waals surface area contributed by atoms with E-state index in [2.05, 4.69) is 15.5 Å². The van der Waals surface area contributed by atoms with Gasteiger partial charge in [0.15, 0.2) is 10.8 Å². The number of fused-ring (bicyclic) bond motifs is 2. The second-order valence-corrected chi connectivity index (χ2v) is 11.5. The minimum Gasteiger partial charge on any atom is -0.543 e. The maximum absolute atomic E-state index is 13.2. The van der Waals surface area contributed by atoms with Gasteiger partial charge < -0.3 is 31.5 Å². The number of primary amides is 1. The number of nitrogens with one attached hydrogen (secondary N) is 1. The highest BCUT2D eigenvalue weighted by atomic mass is 32.2. The van der Waals surface area contributed by atoms with Gasteiger partial charge in [-0.25, -0.2) is 14.0 Å². The number of carbonyl (C=O) groups excluding carboxylic acids is 4. The summed E-state index contributed by atoms with van der Waals surface area (Å²) in [5, 5.41) is 19.5. The molecule has 0 unspecified atom stereocenters. The molecule has 5 N–H and O–H groups in total. The van der Waals surface area contributed by atoms with Gasteiger partial charge in [0.25, 0.3) is 23.4 Å². The van der Waals surface area contributed by atoms with Crippen molar-refractivity contribution in [3.8, 4) is 0 Å². The normalized spacial score (nSPS) is 19.3. The molecule has 0 radical (unpaired) electrons. The number of hydrogen-bond acceptors (Lipinski definition) is 11. The van der Waals surface area contributed by atoms with Crippen molar-refractivity contribution >= 4 is 63.3 Å². The first-order valence-electron chi connectivity index (χ1n) is 11.9. The van der Waals surface area contributed by atoms with E-state index in [9.17, 15) is 24.3 Å². The Morgan fingerprint density at radius 2 is 2.10 bits per heavy atom. The quantitative estimate of drug-likeness (QED) is 0.114. The van der Waals surface area contributed by atoms with Gasteiger partial charge in [-0.3, -0.25) is 19.3 Å². The Hall–Kier alpha value is -4.44. The van der Waals surface area contributed by atoms with Crippen molar-refractivity contribution in [2.75, 3.05) is 11.5 Å². The number of pyridine rings is 1. The summed E-state index contributed by atoms with van der Waals surface area (Å²) in [6, 6.07) is 4.58. The molecule has 40 heavy (non-hydrogen) atoms. The molecule has 3 aromatic rings. The molecule has 208 valence electrons. The van der Waals surface area contributed by atoms with Crippen molar-refractivity contribution in [2.45, 2.75) is 37.4 Å². The third kappa shape index (κ3) is 4.86. The summed E-state index contributed by atoms with van der Waals surface area (Å²) in [4.78, 5) is 60.6. The van der Waals surface area contributed by atoms with Crippen LogP contribution in [0.2, 0.25) is 0 Å². The van der Waals surface area contributed by atoms with Gasteiger partial charge in [0, 0.05) is 22.8 Å². The van der Waals surface area contributed by atoms with Crippen molar-refractivity contribution in [1.82, 2.24) is 19.8 Å². The molecule has 1 fully saturated rings. The van der Waals surface area contributed by atoms with E-state index in [0.29, 0.717) is 11.3 Å². The zero-order valence-electron chi connectivity index (χ0n) is 21.3. The lowest BCUT2D eigenvalue weighted by atomic mass is 10.0. The van der Waals surface area contributed by atoms with Crippen LogP contribution >= 0.6 is 23.1 Å². The van der Waals surface area contributed by atoms with E-state index < -0.39 is 40.7 Å². The number of thioether (sulfide) groups is 1. The van der Waals surface area contributed by atoms with E-state index >= 15 is 0 Å². The summed E-state index contributed by atoms with van der Waals surface area (Å²) in [6.45, 7) is 2.98. The van der Waals surface area contributed by atoms with Crippen LogP contribution in [0.1, 0.15) is 19.5 Å². The smallest absolute Gasteiger partial charge is 0.286 e. The highest BCUT2D eigenvalue weighted by molar-refractivity contribution is 8.00. The largest absolute Gasteiger partial charge is 0.543 e. The number of rotatable bonds is 9. The van der Waals surface area contributed by atoms with Gasteiger partial charge in [-0.1, -0.05) is 11.2 Å². The number of thiazole rings is 1. The van der Waals surface area contributed by atoms with Gasteiger partial charge in [-0.05, 0) is 19.9 Å². The standard InChI is InChI=1S/C24H24N8O6S2/c1-24(2,22(25)37)38-29-15(13-11-40-23(26)27-13)18(33)28-16-19(34)32-17(21(35)36)12(10-39-20(16)32)9-31-8-7-30-6-4-3-5-14(30)31/h3-8,11,16,20H,9-10H2,1-2H3,(H5-,25,26,27,28,33,35,36,37)/b29-15-/t16-,20-/m1/s1. The Balaban J connectivity index is 1.37. The van der Waals surface area contributed by atoms with Crippen molar-refractivity contribution in [3.05, 3.63) is 59.1 Å². The van der Waals surface area contributed by atoms with Gasteiger partial charge in [0.1, 0.15) is 36.0 Å². The van der Waals surface area contributed by atoms with Crippen LogP contribution in [-0.4, -0.2) is 66.6 Å². The zero-order chi connectivity index (χ0) is 28.8. The molecule has 16 heteroatoms. The van der Waals surface area contributed by atoms with Crippen LogP contribution in [0.15, 0.2) is 58.6 Å². The van der Waals surface area contributed by atoms with Crippen molar-refractivity contribution in [1.29, 1.82) is 0 Å². The van der Waals surface area contributed by atoms with Gasteiger partial charge in [0.05, 0.1) is 17.9 Å². The Morgan fingerprint density at radius 1 is 1.32 bits per heavy atom. The van der Waals surface area contributed by atoms with E-state index in [-0.39, 0.29) is 28.8 Å². The number of β-lactam (4-membered cyclic amide) rings is 1. The highest BCUT2D eigenvalue weighted by Crippen LogP contribution is 2.40. The SMILES string of the molecule is CC(C)(O/N=C(\C(=O)N[C@@H]1C(=O)N2C(C(=O)[O-])=C(Cn3cc[n+]4ccccc34)CS[C@H]12)c1csc(N)n1)C(N)=O. The number of aromatic nitrogens is 3. The number of amides is 3. The third-order valence-electron chi connectivity index (χ3n) is 6.40. The predicted octanol–water partition coefficient (Wildman–Crippen LogP) is -1.65. The fourth-order valence-electron chi connectivity index (χ4n) is 4.19. The number of anilines is 1. The molecule has 5 heterocycles. The molecule has 1 saturated heterocycles. The maximum atomic E-state index is 13.2. The number of imidazole rings is 1. The number of nitrogens with zero attached hydrogens (tertiary/aromatic N) is 5. The second-order valence-electron chi connectivity index (χ2n) is 9.47. The van der Waals surface area contributed by atoms with E-state index in [1.165, 1.54) is 31.0 Å². The number of oxime groups is 1. The summed E-state index contributed by atoms with van der Waals surface area (Å²) in [7, 11) is 0. The minimum atomic E-state index is -1.54. The molecule has 2 aliphatic rings. The molecular weight excluding hydrogens is 560 g/mol. The Morgan fingerprint density at radius 3 is 2.77 bits per heavy atom. The summed E-state index contributed by atoms with van der Waals surface area (Å²) < 4.78 is 3.76. The number of nitrogens with two attached hydrogens (primary N) is 2. The molecule has 3 amide bonds. The first-order valence-corrected chi connectivity index (χ1v) is 13.8. The van der Waals surface area contributed by atoms with Gasteiger partial charge in [-0.15, -0.1) is 23.1 Å². The van der Waals surface area contributed by atoms with E-state index in [0.717, 1.165) is 21.9 Å². The fourth-order valence-corrected chi connectivity index (χ4v) is 6.08. The summed E-state index contributed by atoms with van der Waals surface area (Å²) in [5.41, 5.74) is 10.3. The van der Waals surface area contributed by atoms with E-state index in [1.807, 2.05) is 45.8 Å². The summed E-state index contributed by atoms with van der Waals surface area (Å²) in [6.07, 6.45) is 5.53. The molecule has 14 nitrogen and oxygen atoms in total. The average Bonchev–Trinajstić information content (AvgIpc) is 3.53. The molecule has 5 rings (SSSR count). The van der Waals surface area contributed by atoms with Crippen LogP contribution in [0.3, 0.4) is 0 Å². The number of carbonyl (C=O) groups is 4. The van der Waals surface area contributed by atoms with Crippen molar-refractivity contribution < 1.29 is 33.5 Å². The monoisotopic (exact) mass is 584 g/mol. The van der Waals surface area contributed by atoms with Gasteiger partial charge in [-0.2, -0.15) is 0 Å². The number of carboxylic acid groups (broad SMARTS) is 1. The van der Waals surface area contributed by atoms with Crippen LogP contribution in [-0.2, 0) is 30.6 Å². The number of nitrogen functional groups attached to an aromatic ring is 1. The van der Waals surface area contributed by atoms with Crippen molar-refractivity contribution in [3.63, 3.8) is 0 Å². The lowest BCUT2D eigenvalue weighted by molar-refractivity contribution is -0.510. The summed E-state index contributed by atoms with van der Waals surface area (Å²) in [5.74, 6) is -3.46. The fraction of sp³-hybridized carbons (Fsp3) is 0.292. The number of aliphatic carboxylic acids is 1. The molecule has 2 aliphatic heterocycles. The second kappa shape index (κ2) is 10.3. The van der Waals surface area contributed by atoms with Crippen LogP contribution < -0.4 is 26.3 Å². The Labute approximate surface area is 235 Å². The Kier molecular flexibility index (Phi) is 6.97. The highest BCUT2D eigenvalue weighted by Gasteiger charge is 2.53. The Bertz CT molecular complexity index is 1610. The van der Waals surface area contributed by atoms with Crippen LogP contribution in [0.4, 0.5) is 5.13 Å². The van der Waals surface area contributed by atoms with E-state index in [4.69, 9.17) is 16.3 Å².